The zero-order chi connectivity index (χ0) is 13.2. The molecule has 0 amide bonds. The third-order valence-corrected chi connectivity index (χ3v) is 3.93. The Balaban J connectivity index is 2.04. The fraction of sp³-hybridized carbons (Fsp3) is 0.600. The third kappa shape index (κ3) is 3.81. The summed E-state index contributed by atoms with van der Waals surface area (Å²) < 4.78 is 6.03. The van der Waals surface area contributed by atoms with Crippen molar-refractivity contribution < 1.29 is 4.74 Å². The van der Waals surface area contributed by atoms with Gasteiger partial charge in [0.2, 0.25) is 0 Å². The normalized spacial score (nSPS) is 24.1. The molecule has 3 heteroatoms. The van der Waals surface area contributed by atoms with Crippen molar-refractivity contribution in [2.24, 2.45) is 0 Å². The topological polar surface area (TPSA) is 12.5 Å². The third-order valence-electron chi connectivity index (χ3n) is 3.21. The number of halogens is 1. The molecule has 0 aromatic heterocycles. The van der Waals surface area contributed by atoms with Crippen molar-refractivity contribution in [2.45, 2.75) is 39.0 Å². The van der Waals surface area contributed by atoms with E-state index in [4.69, 9.17) is 4.74 Å². The molecule has 0 spiro atoms. The summed E-state index contributed by atoms with van der Waals surface area (Å²) in [4.78, 5) is 2.49. The monoisotopic (exact) mass is 311 g/mol. The Hall–Kier alpha value is -0.380. The highest BCUT2D eigenvalue weighted by Gasteiger charge is 2.32. The van der Waals surface area contributed by atoms with Crippen LogP contribution in [0.15, 0.2) is 24.3 Å². The molecule has 100 valence electrons. The molecule has 0 N–H and O–H groups in total. The van der Waals surface area contributed by atoms with E-state index < -0.39 is 0 Å². The predicted octanol–water partition coefficient (Wildman–Crippen LogP) is 3.37. The maximum absolute atomic E-state index is 6.03. The summed E-state index contributed by atoms with van der Waals surface area (Å²) in [5.74, 6) is 0. The minimum Gasteiger partial charge on any atom is -0.369 e. The van der Waals surface area contributed by atoms with Crippen LogP contribution in [0.3, 0.4) is 0 Å². The lowest BCUT2D eigenvalue weighted by molar-refractivity contribution is -0.128. The van der Waals surface area contributed by atoms with Crippen molar-refractivity contribution in [1.29, 1.82) is 0 Å². The second-order valence-corrected chi connectivity index (χ2v) is 6.46. The van der Waals surface area contributed by atoms with Crippen molar-refractivity contribution in [1.82, 2.24) is 4.90 Å². The number of aryl methyl sites for hydroxylation is 1. The summed E-state index contributed by atoms with van der Waals surface area (Å²) in [7, 11) is 0. The Labute approximate surface area is 118 Å². The molecule has 2 nitrogen and oxygen atoms in total. The van der Waals surface area contributed by atoms with Gasteiger partial charge in [-0.25, -0.2) is 0 Å². The Morgan fingerprint density at radius 3 is 2.89 bits per heavy atom. The van der Waals surface area contributed by atoms with Gasteiger partial charge in [0.1, 0.15) is 0 Å². The van der Waals surface area contributed by atoms with Gasteiger partial charge in [0.25, 0.3) is 0 Å². The number of hydrogen-bond acceptors (Lipinski definition) is 2. The van der Waals surface area contributed by atoms with Gasteiger partial charge in [-0.1, -0.05) is 45.8 Å². The Morgan fingerprint density at radius 2 is 2.22 bits per heavy atom. The average molecular weight is 312 g/mol. The van der Waals surface area contributed by atoms with Crippen LogP contribution in [0, 0.1) is 6.92 Å². The molecule has 0 radical (unpaired) electrons. The fourth-order valence-corrected chi connectivity index (χ4v) is 3.02. The van der Waals surface area contributed by atoms with Crippen LogP contribution in [0.25, 0.3) is 0 Å². The van der Waals surface area contributed by atoms with Crippen molar-refractivity contribution in [3.05, 3.63) is 35.4 Å². The predicted molar refractivity (Wildman–Crippen MR) is 79.2 cm³/mol. The molecule has 1 heterocycles. The molecule has 1 aliphatic rings. The van der Waals surface area contributed by atoms with Crippen LogP contribution in [0.1, 0.15) is 25.0 Å². The standard InChI is InChI=1S/C15H22BrNO/c1-12-5-4-6-13(7-12)9-17-10-14(8-16)18-15(2,3)11-17/h4-7,14H,8-11H2,1-3H3. The van der Waals surface area contributed by atoms with Crippen molar-refractivity contribution >= 4 is 15.9 Å². The first-order valence-electron chi connectivity index (χ1n) is 6.50. The zero-order valence-electron chi connectivity index (χ0n) is 11.4. The van der Waals surface area contributed by atoms with Crippen LogP contribution in [-0.4, -0.2) is 35.0 Å². The van der Waals surface area contributed by atoms with E-state index in [0.29, 0.717) is 6.10 Å². The molecule has 0 bridgehead atoms. The first kappa shape index (κ1) is 14.0. The quantitative estimate of drug-likeness (QED) is 0.794. The van der Waals surface area contributed by atoms with Crippen molar-refractivity contribution in [3.63, 3.8) is 0 Å². The Bertz CT molecular complexity index is 405. The summed E-state index contributed by atoms with van der Waals surface area (Å²) in [5.41, 5.74) is 2.67. The maximum atomic E-state index is 6.03. The molecule has 1 aliphatic heterocycles. The summed E-state index contributed by atoms with van der Waals surface area (Å²) in [5, 5.41) is 0.904. The summed E-state index contributed by atoms with van der Waals surface area (Å²) in [6.45, 7) is 9.50. The number of ether oxygens (including phenoxy) is 1. The SMILES string of the molecule is Cc1cccc(CN2CC(CBr)OC(C)(C)C2)c1. The number of benzene rings is 1. The van der Waals surface area contributed by atoms with Crippen LogP contribution >= 0.6 is 15.9 Å². The van der Waals surface area contributed by atoms with E-state index >= 15 is 0 Å². The molecule has 2 rings (SSSR count). The molecule has 18 heavy (non-hydrogen) atoms. The molecule has 1 fully saturated rings. The number of hydrogen-bond donors (Lipinski definition) is 0. The van der Waals surface area contributed by atoms with Crippen LogP contribution < -0.4 is 0 Å². The largest absolute Gasteiger partial charge is 0.369 e. The van der Waals surface area contributed by atoms with Crippen molar-refractivity contribution in [3.8, 4) is 0 Å². The van der Waals surface area contributed by atoms with Gasteiger partial charge in [0.05, 0.1) is 11.7 Å². The van der Waals surface area contributed by atoms with Crippen LogP contribution in [0.2, 0.25) is 0 Å². The molecular weight excluding hydrogens is 290 g/mol. The highest BCUT2D eigenvalue weighted by molar-refractivity contribution is 9.09. The van der Waals surface area contributed by atoms with Gasteiger partial charge in [-0.05, 0) is 26.3 Å². The number of nitrogens with zero attached hydrogens (tertiary/aromatic N) is 1. The van der Waals surface area contributed by atoms with Gasteiger partial charge in [-0.15, -0.1) is 0 Å². The number of morpholine rings is 1. The molecule has 1 aromatic rings. The van der Waals surface area contributed by atoms with E-state index in [-0.39, 0.29) is 5.60 Å². The van der Waals surface area contributed by atoms with Gasteiger partial charge in [0, 0.05) is 25.0 Å². The van der Waals surface area contributed by atoms with Crippen molar-refractivity contribution in [2.75, 3.05) is 18.4 Å². The first-order chi connectivity index (χ1) is 8.48. The smallest absolute Gasteiger partial charge is 0.0806 e. The molecule has 1 aromatic carbocycles. The van der Waals surface area contributed by atoms with Gasteiger partial charge in [-0.2, -0.15) is 0 Å². The van der Waals surface area contributed by atoms with E-state index in [1.165, 1.54) is 11.1 Å². The van der Waals surface area contributed by atoms with Gasteiger partial charge in [0.15, 0.2) is 0 Å². The Morgan fingerprint density at radius 1 is 1.44 bits per heavy atom. The Kier molecular flexibility index (Phi) is 4.46. The molecule has 1 unspecified atom stereocenters. The zero-order valence-corrected chi connectivity index (χ0v) is 13.0. The van der Waals surface area contributed by atoms with Gasteiger partial charge >= 0.3 is 0 Å². The lowest BCUT2D eigenvalue weighted by Crippen LogP contribution is -2.52. The highest BCUT2D eigenvalue weighted by Crippen LogP contribution is 2.23. The summed E-state index contributed by atoms with van der Waals surface area (Å²) in [6, 6.07) is 8.76. The second-order valence-electron chi connectivity index (χ2n) is 5.81. The molecule has 0 aliphatic carbocycles. The van der Waals surface area contributed by atoms with Gasteiger partial charge < -0.3 is 4.74 Å². The molecule has 0 saturated carbocycles. The summed E-state index contributed by atoms with van der Waals surface area (Å²) >= 11 is 3.54. The lowest BCUT2D eigenvalue weighted by atomic mass is 10.0. The van der Waals surface area contributed by atoms with E-state index in [2.05, 4.69) is 65.9 Å². The van der Waals surface area contributed by atoms with Crippen LogP contribution in [0.4, 0.5) is 0 Å². The minimum atomic E-state index is -0.0550. The molecular formula is C15H22BrNO. The maximum Gasteiger partial charge on any atom is 0.0806 e. The van der Waals surface area contributed by atoms with E-state index in [0.717, 1.165) is 25.0 Å². The van der Waals surface area contributed by atoms with E-state index in [1.807, 2.05) is 0 Å². The lowest BCUT2D eigenvalue weighted by Gasteiger charge is -2.42. The fourth-order valence-electron chi connectivity index (χ4n) is 2.69. The van der Waals surface area contributed by atoms with Crippen LogP contribution in [0.5, 0.6) is 0 Å². The van der Waals surface area contributed by atoms with Crippen LogP contribution in [-0.2, 0) is 11.3 Å². The van der Waals surface area contributed by atoms with E-state index in [9.17, 15) is 0 Å². The van der Waals surface area contributed by atoms with E-state index in [1.54, 1.807) is 0 Å². The highest BCUT2D eigenvalue weighted by atomic mass is 79.9. The first-order valence-corrected chi connectivity index (χ1v) is 7.62. The summed E-state index contributed by atoms with van der Waals surface area (Å²) in [6.07, 6.45) is 0.290. The second kappa shape index (κ2) is 5.72. The number of rotatable bonds is 3. The van der Waals surface area contributed by atoms with Gasteiger partial charge in [-0.3, -0.25) is 4.90 Å². The molecule has 1 atom stereocenters. The number of alkyl halides is 1. The molecule has 1 saturated heterocycles. The average Bonchev–Trinajstić information content (AvgIpc) is 2.26. The minimum absolute atomic E-state index is 0.0550.